The van der Waals surface area contributed by atoms with Crippen LogP contribution in [-0.2, 0) is 0 Å². The lowest BCUT2D eigenvalue weighted by Gasteiger charge is -2.09. The number of nitrogens with zero attached hydrogens (tertiary/aromatic N) is 2. The van der Waals surface area contributed by atoms with Gasteiger partial charge in [0, 0.05) is 25.0 Å². The van der Waals surface area contributed by atoms with Crippen molar-refractivity contribution in [1.82, 2.24) is 9.55 Å². The summed E-state index contributed by atoms with van der Waals surface area (Å²) >= 11 is 0. The second-order valence-electron chi connectivity index (χ2n) is 3.65. The zero-order chi connectivity index (χ0) is 12.3. The fraction of sp³-hybridized carbons (Fsp3) is 0.250. The molecule has 2 aromatic rings. The number of imidazole rings is 1. The Hall–Kier alpha value is -1.91. The predicted molar refractivity (Wildman–Crippen MR) is 62.3 cm³/mol. The molecule has 1 heterocycles. The third-order valence-electron chi connectivity index (χ3n) is 2.36. The number of rotatable bonds is 4. The normalized spacial score (nSPS) is 10.5. The van der Waals surface area contributed by atoms with Crippen LogP contribution in [-0.4, -0.2) is 16.1 Å². The van der Waals surface area contributed by atoms with Gasteiger partial charge in [0.05, 0.1) is 5.69 Å². The average Bonchev–Trinajstić information content (AvgIpc) is 2.78. The molecule has 0 aliphatic heterocycles. The van der Waals surface area contributed by atoms with Crippen molar-refractivity contribution in [1.29, 1.82) is 0 Å². The smallest absolute Gasteiger partial charge is 0.207 e. The Morgan fingerprint density at radius 3 is 2.82 bits per heavy atom. The molecule has 0 spiro atoms. The summed E-state index contributed by atoms with van der Waals surface area (Å²) in [7, 11) is 0. The largest absolute Gasteiger partial charge is 0.355 e. The van der Waals surface area contributed by atoms with E-state index in [0.717, 1.165) is 25.1 Å². The van der Waals surface area contributed by atoms with Gasteiger partial charge in [0.1, 0.15) is 0 Å². The molecule has 0 amide bonds. The maximum absolute atomic E-state index is 13.1. The number of anilines is 1. The van der Waals surface area contributed by atoms with Crippen LogP contribution in [0.15, 0.2) is 30.6 Å². The van der Waals surface area contributed by atoms with Gasteiger partial charge < -0.3 is 5.32 Å². The summed E-state index contributed by atoms with van der Waals surface area (Å²) in [5.74, 6) is -1.09. The molecule has 17 heavy (non-hydrogen) atoms. The minimum absolute atomic E-state index is 0.542. The molecule has 1 aromatic carbocycles. The van der Waals surface area contributed by atoms with Crippen LogP contribution in [0.5, 0.6) is 0 Å². The number of halogens is 2. The first-order valence-corrected chi connectivity index (χ1v) is 5.45. The first-order chi connectivity index (χ1) is 8.22. The quantitative estimate of drug-likeness (QED) is 0.886. The molecule has 1 N–H and O–H groups in total. The summed E-state index contributed by atoms with van der Waals surface area (Å²) in [6.45, 7) is 2.82. The number of nitrogens with one attached hydrogen (secondary N) is 1. The summed E-state index contributed by atoms with van der Waals surface area (Å²) in [4.78, 5) is 4.12. The fourth-order valence-electron chi connectivity index (χ4n) is 1.51. The number of benzene rings is 1. The van der Waals surface area contributed by atoms with Gasteiger partial charge in [-0.05, 0) is 18.6 Å². The molecule has 3 nitrogen and oxygen atoms in total. The van der Waals surface area contributed by atoms with E-state index in [2.05, 4.69) is 10.3 Å². The molecule has 0 bridgehead atoms. The molecule has 5 heteroatoms. The highest BCUT2D eigenvalue weighted by atomic mass is 19.2. The van der Waals surface area contributed by atoms with Gasteiger partial charge in [-0.2, -0.15) is 0 Å². The van der Waals surface area contributed by atoms with Crippen LogP contribution in [0.2, 0.25) is 0 Å². The van der Waals surface area contributed by atoms with Crippen molar-refractivity contribution in [3.63, 3.8) is 0 Å². The van der Waals surface area contributed by atoms with Crippen molar-refractivity contribution in [2.75, 3.05) is 11.9 Å². The molecule has 0 atom stereocenters. The van der Waals surface area contributed by atoms with Gasteiger partial charge in [0.2, 0.25) is 5.95 Å². The Morgan fingerprint density at radius 1 is 1.29 bits per heavy atom. The summed E-state index contributed by atoms with van der Waals surface area (Å²) < 4.78 is 27.6. The number of aromatic nitrogens is 2. The third kappa shape index (κ3) is 2.43. The highest BCUT2D eigenvalue weighted by Crippen LogP contribution is 2.17. The number of hydrogen-bond donors (Lipinski definition) is 1. The first kappa shape index (κ1) is 11.6. The lowest BCUT2D eigenvalue weighted by Crippen LogP contribution is -2.07. The summed E-state index contributed by atoms with van der Waals surface area (Å²) in [5, 5.41) is 3.11. The van der Waals surface area contributed by atoms with Crippen LogP contribution in [0.25, 0.3) is 5.69 Å². The molecule has 0 radical (unpaired) electrons. The van der Waals surface area contributed by atoms with Crippen LogP contribution in [0.1, 0.15) is 13.3 Å². The van der Waals surface area contributed by atoms with Crippen LogP contribution in [0, 0.1) is 11.6 Å². The molecule has 0 aliphatic rings. The SMILES string of the molecule is CCCNc1nccn1-c1ccc(F)c(F)c1. The molecule has 0 saturated heterocycles. The minimum Gasteiger partial charge on any atom is -0.355 e. The van der Waals surface area contributed by atoms with E-state index in [9.17, 15) is 8.78 Å². The highest BCUT2D eigenvalue weighted by molar-refractivity contribution is 5.42. The highest BCUT2D eigenvalue weighted by Gasteiger charge is 2.07. The van der Waals surface area contributed by atoms with Gasteiger partial charge in [-0.3, -0.25) is 4.57 Å². The summed E-state index contributed by atoms with van der Waals surface area (Å²) in [6, 6.07) is 3.76. The molecule has 0 aliphatic carbocycles. The Labute approximate surface area is 98.1 Å². The third-order valence-corrected chi connectivity index (χ3v) is 2.36. The Bertz CT molecular complexity index is 508. The van der Waals surface area contributed by atoms with Crippen molar-refractivity contribution < 1.29 is 8.78 Å². The van der Waals surface area contributed by atoms with Gasteiger partial charge in [-0.25, -0.2) is 13.8 Å². The van der Waals surface area contributed by atoms with E-state index in [0.29, 0.717) is 11.6 Å². The molecular formula is C12H13F2N3. The van der Waals surface area contributed by atoms with E-state index in [1.807, 2.05) is 6.92 Å². The van der Waals surface area contributed by atoms with E-state index in [4.69, 9.17) is 0 Å². The molecule has 1 aromatic heterocycles. The van der Waals surface area contributed by atoms with Crippen LogP contribution in [0.4, 0.5) is 14.7 Å². The van der Waals surface area contributed by atoms with Gasteiger partial charge >= 0.3 is 0 Å². The molecule has 2 rings (SSSR count). The molecular weight excluding hydrogens is 224 g/mol. The van der Waals surface area contributed by atoms with Crippen molar-refractivity contribution in [2.45, 2.75) is 13.3 Å². The number of hydrogen-bond acceptors (Lipinski definition) is 2. The zero-order valence-electron chi connectivity index (χ0n) is 9.45. The average molecular weight is 237 g/mol. The van der Waals surface area contributed by atoms with Gasteiger partial charge in [-0.1, -0.05) is 6.92 Å². The van der Waals surface area contributed by atoms with Gasteiger partial charge in [0.25, 0.3) is 0 Å². The van der Waals surface area contributed by atoms with Gasteiger partial charge in [-0.15, -0.1) is 0 Å². The van der Waals surface area contributed by atoms with Crippen molar-refractivity contribution in [3.05, 3.63) is 42.2 Å². The molecule has 0 unspecified atom stereocenters. The lowest BCUT2D eigenvalue weighted by atomic mass is 10.3. The van der Waals surface area contributed by atoms with E-state index >= 15 is 0 Å². The van der Waals surface area contributed by atoms with Crippen molar-refractivity contribution >= 4 is 5.95 Å². The maximum Gasteiger partial charge on any atom is 0.207 e. The van der Waals surface area contributed by atoms with Crippen LogP contribution in [0.3, 0.4) is 0 Å². The molecule has 0 fully saturated rings. The van der Waals surface area contributed by atoms with Crippen LogP contribution < -0.4 is 5.32 Å². The van der Waals surface area contributed by atoms with Gasteiger partial charge in [0.15, 0.2) is 11.6 Å². The second kappa shape index (κ2) is 4.95. The monoisotopic (exact) mass is 237 g/mol. The Morgan fingerprint density at radius 2 is 2.12 bits per heavy atom. The Kier molecular flexibility index (Phi) is 3.37. The summed E-state index contributed by atoms with van der Waals surface area (Å²) in [5.41, 5.74) is 0.542. The Balaban J connectivity index is 2.32. The topological polar surface area (TPSA) is 29.9 Å². The van der Waals surface area contributed by atoms with E-state index in [1.54, 1.807) is 17.0 Å². The second-order valence-corrected chi connectivity index (χ2v) is 3.65. The maximum atomic E-state index is 13.1. The molecule has 0 saturated carbocycles. The minimum atomic E-state index is -0.863. The van der Waals surface area contributed by atoms with E-state index < -0.39 is 11.6 Å². The summed E-state index contributed by atoms with van der Waals surface area (Å²) in [6.07, 6.45) is 4.27. The molecule has 90 valence electrons. The van der Waals surface area contributed by atoms with E-state index in [-0.39, 0.29) is 0 Å². The van der Waals surface area contributed by atoms with E-state index in [1.165, 1.54) is 6.07 Å². The lowest BCUT2D eigenvalue weighted by molar-refractivity contribution is 0.508. The standard InChI is InChI=1S/C12H13F2N3/c1-2-5-15-12-16-6-7-17(12)9-3-4-10(13)11(14)8-9/h3-4,6-8H,2,5H2,1H3,(H,15,16). The van der Waals surface area contributed by atoms with Crippen LogP contribution >= 0.6 is 0 Å². The zero-order valence-corrected chi connectivity index (χ0v) is 9.45. The fourth-order valence-corrected chi connectivity index (χ4v) is 1.51. The first-order valence-electron chi connectivity index (χ1n) is 5.45. The van der Waals surface area contributed by atoms with Crippen molar-refractivity contribution in [2.24, 2.45) is 0 Å². The van der Waals surface area contributed by atoms with Crippen molar-refractivity contribution in [3.8, 4) is 5.69 Å². The predicted octanol–water partition coefficient (Wildman–Crippen LogP) is 2.97.